The largest absolute Gasteiger partial charge is 0.467 e. The molecule has 0 fully saturated rings. The topological polar surface area (TPSA) is 80.3 Å². The number of aromatic nitrogens is 2. The summed E-state index contributed by atoms with van der Waals surface area (Å²) in [7, 11) is 0. The fourth-order valence-electron chi connectivity index (χ4n) is 2.33. The van der Waals surface area contributed by atoms with E-state index in [-0.39, 0.29) is 12.5 Å². The minimum atomic E-state index is -0.586. The van der Waals surface area contributed by atoms with Gasteiger partial charge in [-0.2, -0.15) is 5.10 Å². The minimum absolute atomic E-state index is 0.245. The van der Waals surface area contributed by atoms with Gasteiger partial charge in [-0.05, 0) is 31.2 Å². The highest BCUT2D eigenvalue weighted by molar-refractivity contribution is 5.95. The van der Waals surface area contributed by atoms with Crippen LogP contribution in [0, 0.1) is 6.92 Å². The van der Waals surface area contributed by atoms with E-state index >= 15 is 0 Å². The van der Waals surface area contributed by atoms with Crippen LogP contribution in [-0.2, 0) is 0 Å². The van der Waals surface area contributed by atoms with E-state index in [4.69, 9.17) is 4.42 Å². The molecule has 2 heterocycles. The molecule has 6 heteroatoms. The number of rotatable bonds is 5. The average molecular weight is 311 g/mol. The Kier molecular flexibility index (Phi) is 4.25. The SMILES string of the molecule is Cc1nn(-c2ccccc2)cc1C(=O)NC(CO)c1ccco1. The number of aryl methyl sites for hydroxylation is 1. The van der Waals surface area contributed by atoms with Gasteiger partial charge in [0.25, 0.3) is 5.91 Å². The molecule has 0 bridgehead atoms. The molecule has 1 atom stereocenters. The molecule has 0 radical (unpaired) electrons. The van der Waals surface area contributed by atoms with Gasteiger partial charge in [-0.25, -0.2) is 4.68 Å². The summed E-state index contributed by atoms with van der Waals surface area (Å²) in [6.07, 6.45) is 3.18. The van der Waals surface area contributed by atoms with Gasteiger partial charge in [0, 0.05) is 6.20 Å². The molecule has 0 saturated carbocycles. The second-order valence-electron chi connectivity index (χ2n) is 5.13. The van der Waals surface area contributed by atoms with Crippen molar-refractivity contribution in [3.8, 4) is 5.69 Å². The summed E-state index contributed by atoms with van der Waals surface area (Å²) < 4.78 is 6.89. The third kappa shape index (κ3) is 3.17. The summed E-state index contributed by atoms with van der Waals surface area (Å²) in [5, 5.41) is 16.6. The molecule has 23 heavy (non-hydrogen) atoms. The van der Waals surface area contributed by atoms with Crippen LogP contribution in [-0.4, -0.2) is 27.4 Å². The van der Waals surface area contributed by atoms with Crippen molar-refractivity contribution in [2.24, 2.45) is 0 Å². The monoisotopic (exact) mass is 311 g/mol. The predicted molar refractivity (Wildman–Crippen MR) is 84.3 cm³/mol. The smallest absolute Gasteiger partial charge is 0.255 e. The number of amides is 1. The molecule has 0 saturated heterocycles. The molecule has 3 rings (SSSR count). The average Bonchev–Trinajstić information content (AvgIpc) is 3.23. The second kappa shape index (κ2) is 6.50. The van der Waals surface area contributed by atoms with Crippen LogP contribution in [0.1, 0.15) is 27.9 Å². The lowest BCUT2D eigenvalue weighted by atomic mass is 10.2. The summed E-state index contributed by atoms with van der Waals surface area (Å²) >= 11 is 0. The molecule has 6 nitrogen and oxygen atoms in total. The number of nitrogens with one attached hydrogen (secondary N) is 1. The first-order valence-corrected chi connectivity index (χ1v) is 7.26. The van der Waals surface area contributed by atoms with Gasteiger partial charge < -0.3 is 14.8 Å². The number of hydrogen-bond donors (Lipinski definition) is 2. The van der Waals surface area contributed by atoms with Crippen LogP contribution in [0.15, 0.2) is 59.3 Å². The number of para-hydroxylation sites is 1. The lowest BCUT2D eigenvalue weighted by Gasteiger charge is -2.13. The molecule has 118 valence electrons. The normalized spacial score (nSPS) is 12.1. The lowest BCUT2D eigenvalue weighted by Crippen LogP contribution is -2.30. The van der Waals surface area contributed by atoms with Crippen molar-refractivity contribution in [3.05, 3.63) is 71.9 Å². The summed E-state index contributed by atoms with van der Waals surface area (Å²) in [5.74, 6) is 0.203. The number of nitrogens with zero attached hydrogens (tertiary/aromatic N) is 2. The first-order chi connectivity index (χ1) is 11.2. The zero-order valence-electron chi connectivity index (χ0n) is 12.6. The molecule has 0 spiro atoms. The van der Waals surface area contributed by atoms with Crippen molar-refractivity contribution in [1.82, 2.24) is 15.1 Å². The zero-order valence-corrected chi connectivity index (χ0v) is 12.6. The molecular formula is C17H17N3O3. The first kappa shape index (κ1) is 15.1. The molecule has 3 aromatic rings. The van der Waals surface area contributed by atoms with E-state index in [0.717, 1.165) is 5.69 Å². The van der Waals surface area contributed by atoms with Gasteiger partial charge in [-0.3, -0.25) is 4.79 Å². The van der Waals surface area contributed by atoms with Gasteiger partial charge in [0.05, 0.1) is 29.8 Å². The third-order valence-corrected chi connectivity index (χ3v) is 3.54. The predicted octanol–water partition coefficient (Wildman–Crippen LogP) is 2.24. The molecule has 0 aliphatic carbocycles. The summed E-state index contributed by atoms with van der Waals surface area (Å²) in [4.78, 5) is 12.5. The van der Waals surface area contributed by atoms with E-state index in [0.29, 0.717) is 17.0 Å². The first-order valence-electron chi connectivity index (χ1n) is 7.26. The third-order valence-electron chi connectivity index (χ3n) is 3.54. The Balaban J connectivity index is 1.81. The number of carbonyl (C=O) groups is 1. The lowest BCUT2D eigenvalue weighted by molar-refractivity contribution is 0.0906. The van der Waals surface area contributed by atoms with Crippen molar-refractivity contribution in [2.45, 2.75) is 13.0 Å². The molecule has 1 amide bonds. The van der Waals surface area contributed by atoms with Crippen molar-refractivity contribution in [1.29, 1.82) is 0 Å². The fourth-order valence-corrected chi connectivity index (χ4v) is 2.33. The summed E-state index contributed by atoms with van der Waals surface area (Å²) in [6, 6.07) is 12.4. The summed E-state index contributed by atoms with van der Waals surface area (Å²) in [6.45, 7) is 1.53. The Hall–Kier alpha value is -2.86. The Labute approximate surface area is 133 Å². The van der Waals surface area contributed by atoms with Crippen LogP contribution in [0.4, 0.5) is 0 Å². The number of aliphatic hydroxyl groups excluding tert-OH is 1. The van der Waals surface area contributed by atoms with Crippen molar-refractivity contribution >= 4 is 5.91 Å². The van der Waals surface area contributed by atoms with E-state index in [2.05, 4.69) is 10.4 Å². The number of hydrogen-bond acceptors (Lipinski definition) is 4. The van der Waals surface area contributed by atoms with Crippen molar-refractivity contribution in [3.63, 3.8) is 0 Å². The fraction of sp³-hybridized carbons (Fsp3) is 0.176. The molecule has 0 aliphatic rings. The maximum absolute atomic E-state index is 12.5. The zero-order chi connectivity index (χ0) is 16.2. The van der Waals surface area contributed by atoms with Crippen molar-refractivity contribution < 1.29 is 14.3 Å². The molecule has 1 aromatic carbocycles. The van der Waals surface area contributed by atoms with E-state index in [1.54, 1.807) is 29.9 Å². The van der Waals surface area contributed by atoms with Gasteiger partial charge in [-0.15, -0.1) is 0 Å². The molecule has 2 aromatic heterocycles. The van der Waals surface area contributed by atoms with Gasteiger partial charge >= 0.3 is 0 Å². The van der Waals surface area contributed by atoms with Gasteiger partial charge in [0.2, 0.25) is 0 Å². The Morgan fingerprint density at radius 1 is 1.30 bits per heavy atom. The van der Waals surface area contributed by atoms with Crippen LogP contribution < -0.4 is 5.32 Å². The van der Waals surface area contributed by atoms with Gasteiger partial charge in [0.1, 0.15) is 11.8 Å². The van der Waals surface area contributed by atoms with E-state index < -0.39 is 6.04 Å². The Bertz CT molecular complexity index is 779. The molecule has 0 aliphatic heterocycles. The highest BCUT2D eigenvalue weighted by Gasteiger charge is 2.20. The summed E-state index contributed by atoms with van der Waals surface area (Å²) in [5.41, 5.74) is 1.95. The molecule has 2 N–H and O–H groups in total. The Morgan fingerprint density at radius 2 is 2.09 bits per heavy atom. The Morgan fingerprint density at radius 3 is 2.74 bits per heavy atom. The number of benzene rings is 1. The van der Waals surface area contributed by atoms with Crippen LogP contribution >= 0.6 is 0 Å². The van der Waals surface area contributed by atoms with E-state index in [1.165, 1.54) is 6.26 Å². The highest BCUT2D eigenvalue weighted by Crippen LogP contribution is 2.16. The van der Waals surface area contributed by atoms with Crippen LogP contribution in [0.5, 0.6) is 0 Å². The maximum Gasteiger partial charge on any atom is 0.255 e. The van der Waals surface area contributed by atoms with E-state index in [1.807, 2.05) is 30.3 Å². The number of carbonyl (C=O) groups excluding carboxylic acids is 1. The number of furan rings is 1. The standard InChI is InChI=1S/C17H17N3O3/c1-12-14(10-20(19-12)13-6-3-2-4-7-13)17(22)18-15(11-21)16-8-5-9-23-16/h2-10,15,21H,11H2,1H3,(H,18,22). The highest BCUT2D eigenvalue weighted by atomic mass is 16.3. The van der Waals surface area contributed by atoms with Crippen LogP contribution in [0.2, 0.25) is 0 Å². The van der Waals surface area contributed by atoms with E-state index in [9.17, 15) is 9.90 Å². The van der Waals surface area contributed by atoms with Crippen LogP contribution in [0.25, 0.3) is 5.69 Å². The number of aliphatic hydroxyl groups is 1. The van der Waals surface area contributed by atoms with Crippen molar-refractivity contribution in [2.75, 3.05) is 6.61 Å². The second-order valence-corrected chi connectivity index (χ2v) is 5.13. The van der Waals surface area contributed by atoms with Gasteiger partial charge in [0.15, 0.2) is 0 Å². The minimum Gasteiger partial charge on any atom is -0.467 e. The quantitative estimate of drug-likeness (QED) is 0.757. The molecular weight excluding hydrogens is 294 g/mol. The van der Waals surface area contributed by atoms with Crippen LogP contribution in [0.3, 0.4) is 0 Å². The maximum atomic E-state index is 12.5. The molecule has 1 unspecified atom stereocenters. The van der Waals surface area contributed by atoms with Gasteiger partial charge in [-0.1, -0.05) is 18.2 Å².